The number of thioether (sulfide) groups is 1. The number of nitrogens with zero attached hydrogens (tertiary/aromatic N) is 3. The number of carbonyl (C=O) groups is 2. The Morgan fingerprint density at radius 2 is 2.26 bits per heavy atom. The third kappa shape index (κ3) is 4.18. The van der Waals surface area contributed by atoms with Crippen LogP contribution in [0, 0.1) is 5.92 Å². The number of aromatic nitrogens is 2. The summed E-state index contributed by atoms with van der Waals surface area (Å²) in [6.07, 6.45) is 3.07. The molecule has 0 aromatic carbocycles. The molecule has 1 aliphatic rings. The van der Waals surface area contributed by atoms with E-state index in [1.54, 1.807) is 6.26 Å². The van der Waals surface area contributed by atoms with Crippen molar-refractivity contribution in [3.8, 4) is 0 Å². The fourth-order valence-corrected chi connectivity index (χ4v) is 3.56. The molecule has 23 heavy (non-hydrogen) atoms. The zero-order valence-corrected chi connectivity index (χ0v) is 14.2. The largest absolute Gasteiger partial charge is 0.465 e. The van der Waals surface area contributed by atoms with Crippen LogP contribution in [0.1, 0.15) is 16.8 Å². The van der Waals surface area contributed by atoms with E-state index in [0.717, 1.165) is 0 Å². The summed E-state index contributed by atoms with van der Waals surface area (Å²) >= 11 is 1.25. The van der Waals surface area contributed by atoms with Crippen LogP contribution in [0.25, 0.3) is 0 Å². The highest BCUT2D eigenvalue weighted by atomic mass is 32.2. The van der Waals surface area contributed by atoms with Crippen molar-refractivity contribution in [2.45, 2.75) is 11.6 Å². The van der Waals surface area contributed by atoms with Crippen LogP contribution < -0.4 is 10.0 Å². The Morgan fingerprint density at radius 1 is 1.57 bits per heavy atom. The number of ether oxygens (including phenoxy) is 1. The number of methoxy groups -OCH3 is 1. The first-order valence-corrected chi connectivity index (χ1v) is 9.49. The second-order valence-electron chi connectivity index (χ2n) is 4.99. The lowest BCUT2D eigenvalue weighted by Crippen LogP contribution is -2.30. The zero-order chi connectivity index (χ0) is 17.2. The van der Waals surface area contributed by atoms with Gasteiger partial charge in [-0.15, -0.1) is 0 Å². The van der Waals surface area contributed by atoms with Gasteiger partial charge in [0.25, 0.3) is 0 Å². The molecule has 2 N–H and O–H groups in total. The average Bonchev–Trinajstić information content (AvgIpc) is 2.84. The van der Waals surface area contributed by atoms with E-state index in [1.165, 1.54) is 30.0 Å². The Hall–Kier alpha value is -1.72. The topological polar surface area (TPSA) is 133 Å². The minimum atomic E-state index is -3.69. The first-order chi connectivity index (χ1) is 10.7. The number of carbonyl (C=O) groups excluding carboxylic acids is 2. The summed E-state index contributed by atoms with van der Waals surface area (Å²) in [4.78, 5) is 33.5. The van der Waals surface area contributed by atoms with Crippen LogP contribution in [-0.2, 0) is 19.6 Å². The maximum absolute atomic E-state index is 12.2. The SMILES string of the molecule is COC(=O)c1cnc(SC)nc1N1CC(CS(N)(=O)=O)CC1=O. The molecule has 0 spiro atoms. The van der Waals surface area contributed by atoms with E-state index in [2.05, 4.69) is 14.7 Å². The van der Waals surface area contributed by atoms with E-state index in [1.807, 2.05) is 0 Å². The van der Waals surface area contributed by atoms with Crippen LogP contribution >= 0.6 is 11.8 Å². The van der Waals surface area contributed by atoms with Crippen molar-refractivity contribution in [3.63, 3.8) is 0 Å². The van der Waals surface area contributed by atoms with E-state index >= 15 is 0 Å². The molecule has 0 bridgehead atoms. The minimum absolute atomic E-state index is 0.0235. The van der Waals surface area contributed by atoms with Gasteiger partial charge in [-0.2, -0.15) is 0 Å². The summed E-state index contributed by atoms with van der Waals surface area (Å²) in [7, 11) is -2.48. The van der Waals surface area contributed by atoms with Gasteiger partial charge >= 0.3 is 5.97 Å². The molecular formula is C12H16N4O5S2. The molecule has 2 rings (SSSR count). The summed E-state index contributed by atoms with van der Waals surface area (Å²) in [5, 5.41) is 5.41. The molecule has 126 valence electrons. The van der Waals surface area contributed by atoms with Crippen molar-refractivity contribution in [1.82, 2.24) is 9.97 Å². The van der Waals surface area contributed by atoms with Gasteiger partial charge in [0.1, 0.15) is 5.56 Å². The van der Waals surface area contributed by atoms with E-state index in [0.29, 0.717) is 5.16 Å². The van der Waals surface area contributed by atoms with Gasteiger partial charge in [0.2, 0.25) is 15.9 Å². The number of hydrogen-bond acceptors (Lipinski definition) is 8. The first kappa shape index (κ1) is 17.6. The van der Waals surface area contributed by atoms with Gasteiger partial charge in [-0.1, -0.05) is 11.8 Å². The second kappa shape index (κ2) is 6.81. The van der Waals surface area contributed by atoms with Gasteiger partial charge < -0.3 is 4.74 Å². The molecule has 0 aliphatic carbocycles. The first-order valence-electron chi connectivity index (χ1n) is 6.55. The monoisotopic (exact) mass is 360 g/mol. The Balaban J connectivity index is 2.36. The number of amides is 1. The molecule has 1 amide bonds. The normalized spacial score (nSPS) is 18.3. The van der Waals surface area contributed by atoms with E-state index in [9.17, 15) is 18.0 Å². The third-order valence-electron chi connectivity index (χ3n) is 3.26. The summed E-state index contributed by atoms with van der Waals surface area (Å²) in [6.45, 7) is 0.115. The van der Waals surface area contributed by atoms with E-state index in [-0.39, 0.29) is 36.0 Å². The van der Waals surface area contributed by atoms with Crippen molar-refractivity contribution in [2.75, 3.05) is 30.6 Å². The van der Waals surface area contributed by atoms with Gasteiger partial charge in [0.15, 0.2) is 11.0 Å². The summed E-state index contributed by atoms with van der Waals surface area (Å²) in [6, 6.07) is 0. The summed E-state index contributed by atoms with van der Waals surface area (Å²) < 4.78 is 27.1. The van der Waals surface area contributed by atoms with Gasteiger partial charge in [-0.3, -0.25) is 9.69 Å². The van der Waals surface area contributed by atoms with Crippen molar-refractivity contribution in [2.24, 2.45) is 11.1 Å². The molecular weight excluding hydrogens is 344 g/mol. The Bertz CT molecular complexity index is 737. The quantitative estimate of drug-likeness (QED) is 0.427. The molecule has 1 aromatic heterocycles. The maximum Gasteiger partial charge on any atom is 0.343 e. The smallest absolute Gasteiger partial charge is 0.343 e. The van der Waals surface area contributed by atoms with Crippen molar-refractivity contribution in [1.29, 1.82) is 0 Å². The van der Waals surface area contributed by atoms with Crippen LogP contribution in [0.4, 0.5) is 5.82 Å². The van der Waals surface area contributed by atoms with Crippen LogP contribution in [-0.4, -0.2) is 55.9 Å². The zero-order valence-electron chi connectivity index (χ0n) is 12.6. The summed E-state index contributed by atoms with van der Waals surface area (Å²) in [5.41, 5.74) is 0.0508. The predicted octanol–water partition coefficient (Wildman–Crippen LogP) is -0.373. The average molecular weight is 360 g/mol. The van der Waals surface area contributed by atoms with E-state index < -0.39 is 21.9 Å². The number of sulfonamides is 1. The maximum atomic E-state index is 12.2. The fourth-order valence-electron chi connectivity index (χ4n) is 2.34. The molecule has 9 nitrogen and oxygen atoms in total. The number of hydrogen-bond donors (Lipinski definition) is 1. The fraction of sp³-hybridized carbons (Fsp3) is 0.500. The van der Waals surface area contributed by atoms with Crippen LogP contribution in [0.2, 0.25) is 0 Å². The van der Waals surface area contributed by atoms with Crippen molar-refractivity contribution in [3.05, 3.63) is 11.8 Å². The van der Waals surface area contributed by atoms with Gasteiger partial charge in [0, 0.05) is 25.1 Å². The highest BCUT2D eigenvalue weighted by molar-refractivity contribution is 7.98. The predicted molar refractivity (Wildman–Crippen MR) is 83.6 cm³/mol. The Kier molecular flexibility index (Phi) is 5.22. The highest BCUT2D eigenvalue weighted by Crippen LogP contribution is 2.28. The van der Waals surface area contributed by atoms with Crippen LogP contribution in [0.3, 0.4) is 0 Å². The molecule has 11 heteroatoms. The lowest BCUT2D eigenvalue weighted by atomic mass is 10.1. The number of esters is 1. The third-order valence-corrected chi connectivity index (χ3v) is 4.76. The summed E-state index contributed by atoms with van der Waals surface area (Å²) in [5.74, 6) is -1.62. The molecule has 0 saturated carbocycles. The highest BCUT2D eigenvalue weighted by Gasteiger charge is 2.36. The molecule has 0 radical (unpaired) electrons. The van der Waals surface area contributed by atoms with Gasteiger partial charge in [-0.25, -0.2) is 28.3 Å². The van der Waals surface area contributed by atoms with Crippen molar-refractivity contribution >= 4 is 39.5 Å². The Labute approximate surface area is 137 Å². The number of primary sulfonamides is 1. The minimum Gasteiger partial charge on any atom is -0.465 e. The standard InChI is InChI=1S/C12H16N4O5S2/c1-21-11(18)8-4-14-12(22-2)15-10(8)16-5-7(3-9(16)17)6-23(13,19)20/h4,7H,3,5-6H2,1-2H3,(H2,13,19,20). The molecule has 1 atom stereocenters. The lowest BCUT2D eigenvalue weighted by Gasteiger charge is -2.18. The van der Waals surface area contributed by atoms with E-state index in [4.69, 9.17) is 5.14 Å². The molecule has 2 heterocycles. The molecule has 1 aliphatic heterocycles. The lowest BCUT2D eigenvalue weighted by molar-refractivity contribution is -0.117. The molecule has 1 fully saturated rings. The number of anilines is 1. The Morgan fingerprint density at radius 3 is 2.83 bits per heavy atom. The van der Waals surface area contributed by atoms with Gasteiger partial charge in [-0.05, 0) is 6.26 Å². The molecule has 1 aromatic rings. The second-order valence-corrected chi connectivity index (χ2v) is 7.42. The molecule has 1 unspecified atom stereocenters. The van der Waals surface area contributed by atoms with Gasteiger partial charge in [0.05, 0.1) is 12.9 Å². The number of nitrogens with two attached hydrogens (primary N) is 1. The molecule has 1 saturated heterocycles. The van der Waals surface area contributed by atoms with Crippen LogP contribution in [0.5, 0.6) is 0 Å². The van der Waals surface area contributed by atoms with Crippen LogP contribution in [0.15, 0.2) is 11.4 Å². The number of rotatable bonds is 5. The van der Waals surface area contributed by atoms with Crippen molar-refractivity contribution < 1.29 is 22.7 Å².